The van der Waals surface area contributed by atoms with Gasteiger partial charge >= 0.3 is 12.1 Å². The molecular formula is C26H24F3NO5. The molecule has 6 nitrogen and oxygen atoms in total. The zero-order valence-electron chi connectivity index (χ0n) is 19.2. The number of nitrogens with zero attached hydrogens (tertiary/aromatic N) is 1. The van der Waals surface area contributed by atoms with Gasteiger partial charge in [-0.05, 0) is 48.9 Å². The van der Waals surface area contributed by atoms with E-state index in [-0.39, 0.29) is 17.9 Å². The topological polar surface area (TPSA) is 66.4 Å². The molecule has 0 saturated heterocycles. The third-order valence-electron chi connectivity index (χ3n) is 4.65. The van der Waals surface area contributed by atoms with Crippen molar-refractivity contribution in [3.05, 3.63) is 89.5 Å². The van der Waals surface area contributed by atoms with Gasteiger partial charge in [-0.1, -0.05) is 42.4 Å². The fraction of sp³-hybridized carbons (Fsp3) is 0.231. The zero-order chi connectivity index (χ0) is 25.3. The van der Waals surface area contributed by atoms with E-state index in [9.17, 15) is 18.0 Å². The lowest BCUT2D eigenvalue weighted by molar-refractivity contribution is -0.137. The van der Waals surface area contributed by atoms with Crippen LogP contribution in [0.3, 0.4) is 0 Å². The molecule has 3 aromatic carbocycles. The van der Waals surface area contributed by atoms with E-state index in [1.54, 1.807) is 24.3 Å². The molecule has 0 saturated carbocycles. The average Bonchev–Trinajstić information content (AvgIpc) is 2.85. The highest BCUT2D eigenvalue weighted by atomic mass is 19.4. The van der Waals surface area contributed by atoms with Gasteiger partial charge in [0.25, 0.3) is 0 Å². The number of carbonyl (C=O) groups excluding carboxylic acids is 1. The van der Waals surface area contributed by atoms with Crippen molar-refractivity contribution < 1.29 is 37.0 Å². The number of rotatable bonds is 10. The van der Waals surface area contributed by atoms with Crippen molar-refractivity contribution >= 4 is 11.7 Å². The number of para-hydroxylation sites is 1. The van der Waals surface area contributed by atoms with E-state index >= 15 is 0 Å². The van der Waals surface area contributed by atoms with Crippen LogP contribution < -0.4 is 9.47 Å². The molecule has 0 N–H and O–H groups in total. The number of benzene rings is 3. The van der Waals surface area contributed by atoms with Gasteiger partial charge in [-0.2, -0.15) is 13.2 Å². The van der Waals surface area contributed by atoms with Crippen molar-refractivity contribution in [3.8, 4) is 17.2 Å². The van der Waals surface area contributed by atoms with Gasteiger partial charge in [0.2, 0.25) is 0 Å². The van der Waals surface area contributed by atoms with E-state index in [0.717, 1.165) is 13.2 Å². The number of ether oxygens (including phenoxy) is 3. The van der Waals surface area contributed by atoms with Crippen molar-refractivity contribution in [1.29, 1.82) is 0 Å². The van der Waals surface area contributed by atoms with Crippen molar-refractivity contribution in [3.63, 3.8) is 0 Å². The van der Waals surface area contributed by atoms with Crippen LogP contribution in [0.4, 0.5) is 13.2 Å². The molecule has 0 aliphatic heterocycles. The monoisotopic (exact) mass is 487 g/mol. The molecule has 0 unspecified atom stereocenters. The van der Waals surface area contributed by atoms with Crippen LogP contribution in [-0.4, -0.2) is 32.0 Å². The quantitative estimate of drug-likeness (QED) is 0.141. The number of halogens is 3. The zero-order valence-corrected chi connectivity index (χ0v) is 19.2. The highest BCUT2D eigenvalue weighted by molar-refractivity contribution is 6.01. The summed E-state index contributed by atoms with van der Waals surface area (Å²) in [6.45, 7) is 2.04. The first-order chi connectivity index (χ1) is 16.8. The molecule has 3 rings (SSSR count). The average molecular weight is 487 g/mol. The lowest BCUT2D eigenvalue weighted by Crippen LogP contribution is -2.15. The van der Waals surface area contributed by atoms with Crippen LogP contribution in [0.2, 0.25) is 0 Å². The van der Waals surface area contributed by atoms with Gasteiger partial charge in [0.15, 0.2) is 0 Å². The minimum Gasteiger partial charge on any atom is -0.487 e. The fourth-order valence-electron chi connectivity index (χ4n) is 2.97. The molecule has 35 heavy (non-hydrogen) atoms. The molecule has 184 valence electrons. The summed E-state index contributed by atoms with van der Waals surface area (Å²) in [7, 11) is 1.09. The summed E-state index contributed by atoms with van der Waals surface area (Å²) in [6, 6.07) is 18.9. The Morgan fingerprint density at radius 3 is 2.29 bits per heavy atom. The highest BCUT2D eigenvalue weighted by Crippen LogP contribution is 2.33. The van der Waals surface area contributed by atoms with Crippen LogP contribution in [0.1, 0.15) is 34.8 Å². The molecule has 3 aromatic rings. The summed E-state index contributed by atoms with van der Waals surface area (Å²) >= 11 is 0. The molecule has 0 atom stereocenters. The Kier molecular flexibility index (Phi) is 8.72. The summed E-state index contributed by atoms with van der Waals surface area (Å²) in [5, 5.41) is 4.11. The number of oxime groups is 1. The molecular weight excluding hydrogens is 463 g/mol. The molecule has 0 amide bonds. The van der Waals surface area contributed by atoms with E-state index in [1.165, 1.54) is 6.07 Å². The minimum absolute atomic E-state index is 0.167. The molecule has 0 bridgehead atoms. The molecule has 0 spiro atoms. The van der Waals surface area contributed by atoms with E-state index in [0.29, 0.717) is 41.9 Å². The maximum atomic E-state index is 13.3. The van der Waals surface area contributed by atoms with Crippen LogP contribution in [0.5, 0.6) is 17.2 Å². The molecule has 0 aliphatic rings. The van der Waals surface area contributed by atoms with Crippen molar-refractivity contribution in [2.24, 2.45) is 5.16 Å². The summed E-state index contributed by atoms with van der Waals surface area (Å²) in [4.78, 5) is 17.2. The van der Waals surface area contributed by atoms with E-state index in [2.05, 4.69) is 9.89 Å². The number of alkyl halides is 3. The Labute approximate surface area is 200 Å². The van der Waals surface area contributed by atoms with Crippen molar-refractivity contribution in [2.45, 2.75) is 19.5 Å². The second-order valence-corrected chi connectivity index (χ2v) is 7.34. The second-order valence-electron chi connectivity index (χ2n) is 7.34. The predicted molar refractivity (Wildman–Crippen MR) is 124 cm³/mol. The second kappa shape index (κ2) is 11.9. The first-order valence-electron chi connectivity index (χ1n) is 10.8. The smallest absolute Gasteiger partial charge is 0.416 e. The number of esters is 1. The number of hydrogen-bond acceptors (Lipinski definition) is 6. The van der Waals surface area contributed by atoms with Crippen molar-refractivity contribution in [1.82, 2.24) is 0 Å². The summed E-state index contributed by atoms with van der Waals surface area (Å²) in [5.41, 5.74) is -0.394. The Morgan fingerprint density at radius 1 is 0.886 bits per heavy atom. The maximum Gasteiger partial charge on any atom is 0.416 e. The Hall–Kier alpha value is -4.01. The Morgan fingerprint density at radius 2 is 1.60 bits per heavy atom. The Bertz CT molecular complexity index is 1160. The summed E-state index contributed by atoms with van der Waals surface area (Å²) < 4.78 is 56.1. The minimum atomic E-state index is -4.67. The van der Waals surface area contributed by atoms with Gasteiger partial charge in [-0.15, -0.1) is 0 Å². The third-order valence-corrected chi connectivity index (χ3v) is 4.65. The predicted octanol–water partition coefficient (Wildman–Crippen LogP) is 6.49. The largest absolute Gasteiger partial charge is 0.487 e. The standard InChI is InChI=1S/C26H24F3NO5/c1-3-12-34-30-24(18-8-7-11-22(14-18)35-21-9-5-4-6-10-21)17-33-23-15-19(25(31)32-2)13-20(16-23)26(27,28)29/h4-11,13-16H,3,12,17H2,1-2H3/b30-24+. The first kappa shape index (κ1) is 25.6. The van der Waals surface area contributed by atoms with Gasteiger partial charge in [-0.25, -0.2) is 4.79 Å². The molecule has 0 aliphatic carbocycles. The lowest BCUT2D eigenvalue weighted by Gasteiger charge is -2.14. The Balaban J connectivity index is 1.87. The normalized spacial score (nSPS) is 11.6. The number of methoxy groups -OCH3 is 1. The van der Waals surface area contributed by atoms with Crippen molar-refractivity contribution in [2.75, 3.05) is 20.3 Å². The molecule has 0 aromatic heterocycles. The van der Waals surface area contributed by atoms with E-state index in [4.69, 9.17) is 14.3 Å². The van der Waals surface area contributed by atoms with Crippen LogP contribution in [0.15, 0.2) is 78.0 Å². The fourth-order valence-corrected chi connectivity index (χ4v) is 2.97. The lowest BCUT2D eigenvalue weighted by atomic mass is 10.1. The first-order valence-corrected chi connectivity index (χ1v) is 10.8. The van der Waals surface area contributed by atoms with Gasteiger partial charge in [0.05, 0.1) is 18.2 Å². The highest BCUT2D eigenvalue weighted by Gasteiger charge is 2.32. The number of hydrogen-bond donors (Lipinski definition) is 0. The van der Waals surface area contributed by atoms with Crippen LogP contribution in [0, 0.1) is 0 Å². The summed E-state index contributed by atoms with van der Waals surface area (Å²) in [6.07, 6.45) is -3.96. The number of carbonyl (C=O) groups is 1. The SMILES string of the molecule is CCCO/N=C(\COc1cc(C(=O)OC)cc(C(F)(F)F)c1)c1cccc(Oc2ccccc2)c1. The van der Waals surface area contributed by atoms with Crippen LogP contribution in [-0.2, 0) is 15.8 Å². The molecule has 0 radical (unpaired) electrons. The van der Waals surface area contributed by atoms with Crippen LogP contribution in [0.25, 0.3) is 0 Å². The molecule has 0 heterocycles. The summed E-state index contributed by atoms with van der Waals surface area (Å²) in [5.74, 6) is 0.0943. The van der Waals surface area contributed by atoms with Gasteiger partial charge in [0, 0.05) is 5.56 Å². The maximum absolute atomic E-state index is 13.3. The van der Waals surface area contributed by atoms with E-state index < -0.39 is 17.7 Å². The molecule has 0 fully saturated rings. The third kappa shape index (κ3) is 7.49. The van der Waals surface area contributed by atoms with Gasteiger partial charge in [0.1, 0.15) is 36.2 Å². The van der Waals surface area contributed by atoms with Crippen LogP contribution >= 0.6 is 0 Å². The van der Waals surface area contributed by atoms with E-state index in [1.807, 2.05) is 37.3 Å². The van der Waals surface area contributed by atoms with Gasteiger partial charge in [-0.3, -0.25) is 0 Å². The van der Waals surface area contributed by atoms with Gasteiger partial charge < -0.3 is 19.0 Å². The molecule has 9 heteroatoms.